The molecule has 0 fully saturated rings. The first-order valence-electron chi connectivity index (χ1n) is 18.6. The molecular formula is C48H34N6O8. The molecule has 304 valence electrons. The highest BCUT2D eigenvalue weighted by molar-refractivity contribution is 6.42. The van der Waals surface area contributed by atoms with Gasteiger partial charge in [0.25, 0.3) is 23.6 Å². The lowest BCUT2D eigenvalue weighted by molar-refractivity contribution is 0.0685. The molecule has 2 N–H and O–H groups in total. The molecule has 2 aliphatic rings. The second-order valence-electron chi connectivity index (χ2n) is 12.7. The molecule has 0 radical (unpaired) electrons. The van der Waals surface area contributed by atoms with Gasteiger partial charge in [0, 0.05) is 82.6 Å². The molecule has 4 aromatic carbocycles. The van der Waals surface area contributed by atoms with Gasteiger partial charge in [-0.2, -0.15) is 0 Å². The molecule has 10 rings (SSSR count). The monoisotopic (exact) mass is 822 g/mol. The number of amides is 4. The van der Waals surface area contributed by atoms with Gasteiger partial charge >= 0.3 is 11.9 Å². The maximum Gasteiger partial charge on any atom is 0.337 e. The van der Waals surface area contributed by atoms with Crippen LogP contribution in [0.4, 0.5) is 11.4 Å². The van der Waals surface area contributed by atoms with Crippen molar-refractivity contribution in [2.45, 2.75) is 0 Å². The first kappa shape index (κ1) is 42.6. The number of aromatic nitrogens is 4. The highest BCUT2D eigenvalue weighted by atomic mass is 16.4. The van der Waals surface area contributed by atoms with E-state index in [0.29, 0.717) is 0 Å². The van der Waals surface area contributed by atoms with Crippen molar-refractivity contribution in [3.63, 3.8) is 0 Å². The Bertz CT molecular complexity index is 2410. The quantitative estimate of drug-likeness (QED) is 0.162. The molecule has 2 aliphatic heterocycles. The molecule has 0 atom stereocenters. The number of benzene rings is 4. The summed E-state index contributed by atoms with van der Waals surface area (Å²) in [6.07, 6.45) is 14.0. The van der Waals surface area contributed by atoms with Crippen molar-refractivity contribution in [1.82, 2.24) is 19.9 Å². The van der Waals surface area contributed by atoms with Gasteiger partial charge in [0.1, 0.15) is 0 Å². The number of imide groups is 2. The van der Waals surface area contributed by atoms with E-state index in [9.17, 15) is 39.0 Å². The van der Waals surface area contributed by atoms with Crippen LogP contribution in [0.25, 0.3) is 10.8 Å². The SMILES string of the molecule is O=C(O)c1ccccc1N1C(=O)c2ccc3c4c(ccc(c24)C1=O)C(=O)N(c1ccccc1C(=O)O)C3=O.c1ccncc1.c1ccncc1.c1ccncc1.c1ccncc1. The van der Waals surface area contributed by atoms with Crippen LogP contribution in [0.1, 0.15) is 62.1 Å². The summed E-state index contributed by atoms with van der Waals surface area (Å²) in [6, 6.07) is 39.4. The number of carbonyl (C=O) groups is 6. The lowest BCUT2D eigenvalue weighted by Gasteiger charge is -2.32. The van der Waals surface area contributed by atoms with Gasteiger partial charge in [0.15, 0.2) is 0 Å². The third-order valence-corrected chi connectivity index (χ3v) is 8.91. The first-order chi connectivity index (χ1) is 30.2. The van der Waals surface area contributed by atoms with E-state index in [1.807, 2.05) is 72.8 Å². The van der Waals surface area contributed by atoms with Gasteiger partial charge < -0.3 is 10.2 Å². The molecule has 4 amide bonds. The fourth-order valence-electron chi connectivity index (χ4n) is 6.26. The Hall–Kier alpha value is -9.04. The summed E-state index contributed by atoms with van der Waals surface area (Å²) in [7, 11) is 0. The number of para-hydroxylation sites is 2. The molecule has 0 bridgehead atoms. The van der Waals surface area contributed by atoms with Crippen molar-refractivity contribution in [2.75, 3.05) is 9.80 Å². The number of nitrogens with zero attached hydrogens (tertiary/aromatic N) is 6. The molecule has 0 aliphatic carbocycles. The Morgan fingerprint density at radius 3 is 0.774 bits per heavy atom. The Morgan fingerprint density at radius 2 is 0.581 bits per heavy atom. The number of pyridine rings is 4. The highest BCUT2D eigenvalue weighted by Crippen LogP contribution is 2.41. The van der Waals surface area contributed by atoms with E-state index < -0.39 is 35.6 Å². The van der Waals surface area contributed by atoms with Crippen LogP contribution in [0.3, 0.4) is 0 Å². The normalized spacial score (nSPS) is 11.9. The number of hydrogen-bond donors (Lipinski definition) is 2. The minimum absolute atomic E-state index is 0.0142. The number of carbonyl (C=O) groups excluding carboxylic acids is 4. The maximum absolute atomic E-state index is 13.6. The Balaban J connectivity index is 0.000000213. The van der Waals surface area contributed by atoms with E-state index in [-0.39, 0.29) is 55.5 Å². The standard InChI is InChI=1S/C28H14N2O8.4C5H5N/c31-23-15-9-11-17-22-18(26(34)30(25(17)33)20-8-4-2-6-14(20)28(37)38)12-10-16(21(15)22)24(32)29(23)19-7-3-1-5-13(19)27(35)36;4*1-2-4-6-5-3-1/h1-12H,(H,35,36)(H,37,38);4*1-5H. The smallest absolute Gasteiger partial charge is 0.337 e. The van der Waals surface area contributed by atoms with Crippen LogP contribution in [0, 0.1) is 0 Å². The maximum atomic E-state index is 13.6. The lowest BCUT2D eigenvalue weighted by atomic mass is 9.85. The summed E-state index contributed by atoms with van der Waals surface area (Å²) < 4.78 is 0. The number of carboxylic acids is 2. The summed E-state index contributed by atoms with van der Waals surface area (Å²) in [5, 5.41) is 19.4. The van der Waals surface area contributed by atoms with Crippen molar-refractivity contribution < 1.29 is 39.0 Å². The molecule has 0 saturated heterocycles. The number of anilines is 2. The summed E-state index contributed by atoms with van der Waals surface area (Å²) in [4.78, 5) is 94.4. The van der Waals surface area contributed by atoms with Gasteiger partial charge in [0.2, 0.25) is 0 Å². The van der Waals surface area contributed by atoms with Crippen molar-refractivity contribution in [3.8, 4) is 0 Å². The number of aromatic carboxylic acids is 2. The minimum Gasteiger partial charge on any atom is -0.478 e. The average Bonchev–Trinajstić information content (AvgIpc) is 3.33. The van der Waals surface area contributed by atoms with Crippen molar-refractivity contribution in [3.05, 3.63) is 229 Å². The summed E-state index contributed by atoms with van der Waals surface area (Å²) >= 11 is 0. The molecule has 4 aromatic heterocycles. The predicted molar refractivity (Wildman–Crippen MR) is 230 cm³/mol. The Kier molecular flexibility index (Phi) is 14.1. The average molecular weight is 823 g/mol. The molecule has 14 nitrogen and oxygen atoms in total. The summed E-state index contributed by atoms with van der Waals surface area (Å²) in [5.74, 6) is -5.88. The van der Waals surface area contributed by atoms with E-state index in [0.717, 1.165) is 9.80 Å². The van der Waals surface area contributed by atoms with E-state index in [2.05, 4.69) is 19.9 Å². The van der Waals surface area contributed by atoms with Gasteiger partial charge in [-0.25, -0.2) is 19.4 Å². The van der Waals surface area contributed by atoms with Crippen LogP contribution < -0.4 is 9.80 Å². The fourth-order valence-corrected chi connectivity index (χ4v) is 6.26. The molecule has 0 saturated carbocycles. The largest absolute Gasteiger partial charge is 0.478 e. The number of carboxylic acid groups (broad SMARTS) is 2. The van der Waals surface area contributed by atoms with Gasteiger partial charge in [-0.1, -0.05) is 48.5 Å². The second kappa shape index (κ2) is 20.6. The molecule has 62 heavy (non-hydrogen) atoms. The van der Waals surface area contributed by atoms with E-state index >= 15 is 0 Å². The Labute approximate surface area is 354 Å². The third kappa shape index (κ3) is 9.62. The zero-order valence-corrected chi connectivity index (χ0v) is 32.5. The zero-order chi connectivity index (χ0) is 43.8. The van der Waals surface area contributed by atoms with Crippen molar-refractivity contribution in [2.24, 2.45) is 0 Å². The summed E-state index contributed by atoms with van der Waals surface area (Å²) in [5.41, 5.74) is -0.667. The zero-order valence-electron chi connectivity index (χ0n) is 32.5. The molecule has 0 spiro atoms. The molecule has 0 unspecified atom stereocenters. The fraction of sp³-hybridized carbons (Fsp3) is 0. The highest BCUT2D eigenvalue weighted by Gasteiger charge is 2.42. The Morgan fingerprint density at radius 1 is 0.339 bits per heavy atom. The first-order valence-corrected chi connectivity index (χ1v) is 18.6. The van der Waals surface area contributed by atoms with E-state index in [1.165, 1.54) is 72.8 Å². The van der Waals surface area contributed by atoms with E-state index in [1.54, 1.807) is 49.6 Å². The van der Waals surface area contributed by atoms with Gasteiger partial charge in [-0.05, 0) is 97.1 Å². The van der Waals surface area contributed by atoms with Crippen LogP contribution in [0.15, 0.2) is 195 Å². The predicted octanol–water partition coefficient (Wildman–Crippen LogP) is 8.16. The number of hydrogen-bond acceptors (Lipinski definition) is 10. The lowest BCUT2D eigenvalue weighted by Crippen LogP contribution is -2.44. The third-order valence-electron chi connectivity index (χ3n) is 8.91. The molecule has 14 heteroatoms. The summed E-state index contributed by atoms with van der Waals surface area (Å²) in [6.45, 7) is 0. The second-order valence-corrected chi connectivity index (χ2v) is 12.7. The number of rotatable bonds is 4. The van der Waals surface area contributed by atoms with Crippen LogP contribution in [0.5, 0.6) is 0 Å². The molecule has 6 heterocycles. The molecular weight excluding hydrogens is 789 g/mol. The van der Waals surface area contributed by atoms with Crippen LogP contribution in [0.2, 0.25) is 0 Å². The molecule has 8 aromatic rings. The minimum atomic E-state index is -1.32. The van der Waals surface area contributed by atoms with Crippen LogP contribution in [-0.2, 0) is 0 Å². The van der Waals surface area contributed by atoms with Gasteiger partial charge in [-0.15, -0.1) is 0 Å². The van der Waals surface area contributed by atoms with Crippen molar-refractivity contribution >= 4 is 57.7 Å². The van der Waals surface area contributed by atoms with E-state index in [4.69, 9.17) is 0 Å². The van der Waals surface area contributed by atoms with Crippen LogP contribution in [-0.4, -0.2) is 65.7 Å². The van der Waals surface area contributed by atoms with Gasteiger partial charge in [-0.3, -0.25) is 39.1 Å². The van der Waals surface area contributed by atoms with Crippen LogP contribution >= 0.6 is 0 Å². The van der Waals surface area contributed by atoms with Crippen molar-refractivity contribution in [1.29, 1.82) is 0 Å². The van der Waals surface area contributed by atoms with Gasteiger partial charge in [0.05, 0.1) is 22.5 Å². The topological polar surface area (TPSA) is 201 Å².